The number of aliphatic hydroxyl groups is 1. The smallest absolute Gasteiger partial charge is 0.142 e. The molecule has 1 rings (SSSR count). The number of pyridine rings is 1. The molecule has 0 saturated heterocycles. The van der Waals surface area contributed by atoms with Crippen molar-refractivity contribution in [1.82, 2.24) is 4.98 Å². The van der Waals surface area contributed by atoms with Crippen LogP contribution < -0.4 is 16.6 Å². The molecule has 15 heavy (non-hydrogen) atoms. The Morgan fingerprint density at radius 3 is 2.87 bits per heavy atom. The molecule has 1 atom stereocenters. The minimum atomic E-state index is -0.328. The lowest BCUT2D eigenvalue weighted by Gasteiger charge is -2.11. The molecule has 84 valence electrons. The Labute approximate surface area is 89.7 Å². The molecule has 1 aromatic rings. The highest BCUT2D eigenvalue weighted by Gasteiger charge is 2.02. The van der Waals surface area contributed by atoms with Gasteiger partial charge < -0.3 is 15.8 Å². The Hall–Kier alpha value is -1.33. The average Bonchev–Trinajstić information content (AvgIpc) is 2.27. The fourth-order valence-electron chi connectivity index (χ4n) is 1.27. The second kappa shape index (κ2) is 6.21. The summed E-state index contributed by atoms with van der Waals surface area (Å²) in [5.41, 5.74) is 2.47. The van der Waals surface area contributed by atoms with Gasteiger partial charge in [-0.15, -0.1) is 0 Å². The van der Waals surface area contributed by atoms with Crippen molar-refractivity contribution in [2.24, 2.45) is 5.84 Å². The van der Waals surface area contributed by atoms with Crippen molar-refractivity contribution < 1.29 is 5.11 Å². The Kier molecular flexibility index (Phi) is 4.86. The molecule has 0 aliphatic rings. The zero-order valence-electron chi connectivity index (χ0n) is 8.90. The van der Waals surface area contributed by atoms with E-state index in [0.717, 1.165) is 12.8 Å². The Morgan fingerprint density at radius 1 is 1.47 bits per heavy atom. The predicted octanol–water partition coefficient (Wildman–Crippen LogP) is 0.940. The SMILES string of the molecule is CCCC(O)CNc1cccc(NN)n1. The molecular weight excluding hydrogens is 192 g/mol. The average molecular weight is 210 g/mol. The largest absolute Gasteiger partial charge is 0.391 e. The lowest BCUT2D eigenvalue weighted by Crippen LogP contribution is -2.19. The molecule has 0 aromatic carbocycles. The first kappa shape index (κ1) is 11.7. The summed E-state index contributed by atoms with van der Waals surface area (Å²) in [6, 6.07) is 5.45. The fraction of sp³-hybridized carbons (Fsp3) is 0.500. The van der Waals surface area contributed by atoms with Crippen molar-refractivity contribution in [2.75, 3.05) is 17.3 Å². The topological polar surface area (TPSA) is 83.2 Å². The van der Waals surface area contributed by atoms with E-state index in [9.17, 15) is 5.11 Å². The lowest BCUT2D eigenvalue weighted by molar-refractivity contribution is 0.176. The van der Waals surface area contributed by atoms with Crippen molar-refractivity contribution >= 4 is 11.6 Å². The van der Waals surface area contributed by atoms with Gasteiger partial charge in [0.2, 0.25) is 0 Å². The molecule has 0 aliphatic heterocycles. The monoisotopic (exact) mass is 210 g/mol. The zero-order valence-corrected chi connectivity index (χ0v) is 8.90. The van der Waals surface area contributed by atoms with Crippen LogP contribution in [0.15, 0.2) is 18.2 Å². The molecular formula is C10H18N4O. The Bertz CT molecular complexity index is 293. The van der Waals surface area contributed by atoms with Gasteiger partial charge in [-0.25, -0.2) is 10.8 Å². The lowest BCUT2D eigenvalue weighted by atomic mass is 10.2. The first-order valence-corrected chi connectivity index (χ1v) is 5.12. The maximum Gasteiger partial charge on any atom is 0.142 e. The summed E-state index contributed by atoms with van der Waals surface area (Å²) in [4.78, 5) is 4.16. The molecule has 5 nitrogen and oxygen atoms in total. The standard InChI is InChI=1S/C10H18N4O/c1-2-4-8(15)7-12-9-5-3-6-10(13-9)14-11/h3,5-6,8,15H,2,4,7,11H2,1H3,(H2,12,13,14). The van der Waals surface area contributed by atoms with Gasteiger partial charge in [0.05, 0.1) is 6.10 Å². The van der Waals surface area contributed by atoms with E-state index < -0.39 is 0 Å². The quantitative estimate of drug-likeness (QED) is 0.415. The maximum absolute atomic E-state index is 9.51. The normalized spacial score (nSPS) is 12.2. The number of nitrogens with two attached hydrogens (primary N) is 1. The molecule has 0 fully saturated rings. The van der Waals surface area contributed by atoms with Crippen LogP contribution in [-0.4, -0.2) is 22.7 Å². The molecule has 0 radical (unpaired) electrons. The van der Waals surface area contributed by atoms with Crippen LogP contribution in [0.25, 0.3) is 0 Å². The van der Waals surface area contributed by atoms with Gasteiger partial charge in [0.25, 0.3) is 0 Å². The van der Waals surface area contributed by atoms with E-state index in [4.69, 9.17) is 5.84 Å². The molecule has 5 N–H and O–H groups in total. The molecule has 0 saturated carbocycles. The number of nitrogens with one attached hydrogen (secondary N) is 2. The van der Waals surface area contributed by atoms with E-state index in [1.54, 1.807) is 6.07 Å². The van der Waals surface area contributed by atoms with Crippen molar-refractivity contribution in [3.8, 4) is 0 Å². The van der Waals surface area contributed by atoms with Gasteiger partial charge in [-0.05, 0) is 18.6 Å². The van der Waals surface area contributed by atoms with Gasteiger partial charge in [0, 0.05) is 6.54 Å². The van der Waals surface area contributed by atoms with Gasteiger partial charge >= 0.3 is 0 Å². The van der Waals surface area contributed by atoms with Crippen LogP contribution in [0.1, 0.15) is 19.8 Å². The van der Waals surface area contributed by atoms with E-state index in [2.05, 4.69) is 15.7 Å². The van der Waals surface area contributed by atoms with Crippen LogP contribution in [0.3, 0.4) is 0 Å². The van der Waals surface area contributed by atoms with Gasteiger partial charge in [-0.1, -0.05) is 19.4 Å². The van der Waals surface area contributed by atoms with E-state index in [-0.39, 0.29) is 6.10 Å². The third kappa shape index (κ3) is 4.14. The molecule has 5 heteroatoms. The zero-order chi connectivity index (χ0) is 11.1. The van der Waals surface area contributed by atoms with E-state index in [1.165, 1.54) is 0 Å². The van der Waals surface area contributed by atoms with Crippen LogP contribution in [0.4, 0.5) is 11.6 Å². The third-order valence-corrected chi connectivity index (χ3v) is 2.04. The van der Waals surface area contributed by atoms with E-state index in [0.29, 0.717) is 18.2 Å². The van der Waals surface area contributed by atoms with Gasteiger partial charge in [0.1, 0.15) is 11.6 Å². The molecule has 0 aliphatic carbocycles. The summed E-state index contributed by atoms with van der Waals surface area (Å²) >= 11 is 0. The number of nitrogens with zero attached hydrogens (tertiary/aromatic N) is 1. The molecule has 0 bridgehead atoms. The number of nitrogen functional groups attached to an aromatic ring is 1. The van der Waals surface area contributed by atoms with E-state index in [1.807, 2.05) is 19.1 Å². The first-order chi connectivity index (χ1) is 7.26. The summed E-state index contributed by atoms with van der Waals surface area (Å²) < 4.78 is 0. The van der Waals surface area contributed by atoms with E-state index >= 15 is 0 Å². The number of aromatic nitrogens is 1. The van der Waals surface area contributed by atoms with Crippen molar-refractivity contribution in [3.05, 3.63) is 18.2 Å². The highest BCUT2D eigenvalue weighted by molar-refractivity contribution is 5.44. The summed E-state index contributed by atoms with van der Waals surface area (Å²) in [6.45, 7) is 2.55. The van der Waals surface area contributed by atoms with Crippen LogP contribution >= 0.6 is 0 Å². The molecule has 1 aromatic heterocycles. The van der Waals surface area contributed by atoms with Crippen molar-refractivity contribution in [2.45, 2.75) is 25.9 Å². The van der Waals surface area contributed by atoms with Crippen molar-refractivity contribution in [1.29, 1.82) is 0 Å². The predicted molar refractivity (Wildman–Crippen MR) is 61.5 cm³/mol. The second-order valence-electron chi connectivity index (χ2n) is 3.38. The first-order valence-electron chi connectivity index (χ1n) is 5.12. The minimum Gasteiger partial charge on any atom is -0.391 e. The molecule has 0 spiro atoms. The van der Waals surface area contributed by atoms with Gasteiger partial charge in [0.15, 0.2) is 0 Å². The summed E-state index contributed by atoms with van der Waals surface area (Å²) in [5.74, 6) is 6.54. The number of hydrogen-bond acceptors (Lipinski definition) is 5. The molecule has 1 heterocycles. The number of anilines is 2. The Balaban J connectivity index is 2.43. The van der Waals surface area contributed by atoms with Crippen LogP contribution in [0, 0.1) is 0 Å². The van der Waals surface area contributed by atoms with Crippen LogP contribution in [0.5, 0.6) is 0 Å². The van der Waals surface area contributed by atoms with Crippen LogP contribution in [-0.2, 0) is 0 Å². The summed E-state index contributed by atoms with van der Waals surface area (Å²) in [7, 11) is 0. The molecule has 0 amide bonds. The Morgan fingerprint density at radius 2 is 2.20 bits per heavy atom. The summed E-state index contributed by atoms with van der Waals surface area (Å²) in [5, 5.41) is 12.6. The second-order valence-corrected chi connectivity index (χ2v) is 3.38. The molecule has 1 unspecified atom stereocenters. The fourth-order valence-corrected chi connectivity index (χ4v) is 1.27. The highest BCUT2D eigenvalue weighted by Crippen LogP contribution is 2.08. The highest BCUT2D eigenvalue weighted by atomic mass is 16.3. The van der Waals surface area contributed by atoms with Gasteiger partial charge in [-0.2, -0.15) is 0 Å². The third-order valence-electron chi connectivity index (χ3n) is 2.04. The number of hydrazine groups is 1. The number of hydrogen-bond donors (Lipinski definition) is 4. The van der Waals surface area contributed by atoms with Gasteiger partial charge in [-0.3, -0.25) is 0 Å². The number of aliphatic hydroxyl groups excluding tert-OH is 1. The van der Waals surface area contributed by atoms with Crippen LogP contribution in [0.2, 0.25) is 0 Å². The van der Waals surface area contributed by atoms with Crippen molar-refractivity contribution in [3.63, 3.8) is 0 Å². The summed E-state index contributed by atoms with van der Waals surface area (Å²) in [6.07, 6.45) is 1.44. The maximum atomic E-state index is 9.51. The number of rotatable bonds is 6. The minimum absolute atomic E-state index is 0.328.